The van der Waals surface area contributed by atoms with Gasteiger partial charge < -0.3 is 4.74 Å². The first kappa shape index (κ1) is 14.7. The number of anilines is 1. The van der Waals surface area contributed by atoms with Crippen LogP contribution in [0.1, 0.15) is 5.56 Å². The van der Waals surface area contributed by atoms with E-state index in [1.807, 2.05) is 18.2 Å². The molecule has 5 heteroatoms. The average molecular weight is 342 g/mol. The Kier molecular flexibility index (Phi) is 4.48. The molecule has 19 heavy (non-hydrogen) atoms. The molecule has 0 fully saturated rings. The average Bonchev–Trinajstić information content (AvgIpc) is 2.58. The summed E-state index contributed by atoms with van der Waals surface area (Å²) < 4.78 is 6.69. The molecule has 0 atom stereocenters. The highest BCUT2D eigenvalue weighted by molar-refractivity contribution is 9.10. The number of nitrogens with zero attached hydrogens (tertiary/aromatic N) is 1. The van der Waals surface area contributed by atoms with E-state index in [0.29, 0.717) is 13.2 Å². The second-order valence-corrected chi connectivity index (χ2v) is 12.7. The number of rotatable bonds is 5. The lowest BCUT2D eigenvalue weighted by Crippen LogP contribution is -2.30. The maximum absolute atomic E-state index is 12.0. The third-order valence-corrected chi connectivity index (χ3v) is 5.39. The van der Waals surface area contributed by atoms with Crippen molar-refractivity contribution in [2.75, 3.05) is 18.2 Å². The van der Waals surface area contributed by atoms with Crippen molar-refractivity contribution in [1.82, 2.24) is 0 Å². The molecule has 0 saturated heterocycles. The van der Waals surface area contributed by atoms with Crippen LogP contribution in [0.25, 0.3) is 0 Å². The van der Waals surface area contributed by atoms with E-state index in [4.69, 9.17) is 4.74 Å². The van der Waals surface area contributed by atoms with Crippen molar-refractivity contribution in [2.24, 2.45) is 0 Å². The van der Waals surface area contributed by atoms with E-state index in [1.165, 1.54) is 0 Å². The van der Waals surface area contributed by atoms with Crippen LogP contribution in [0.2, 0.25) is 25.7 Å². The zero-order valence-electron chi connectivity index (χ0n) is 11.7. The molecule has 0 bridgehead atoms. The zero-order chi connectivity index (χ0) is 14.0. The van der Waals surface area contributed by atoms with Crippen molar-refractivity contribution >= 4 is 35.6 Å². The van der Waals surface area contributed by atoms with Crippen LogP contribution >= 0.6 is 15.9 Å². The third-order valence-electron chi connectivity index (χ3n) is 3.19. The second kappa shape index (κ2) is 5.77. The topological polar surface area (TPSA) is 29.5 Å². The molecule has 0 aliphatic carbocycles. The molecule has 0 N–H and O–H groups in total. The molecule has 0 radical (unpaired) electrons. The minimum absolute atomic E-state index is 0.126. The first-order chi connectivity index (χ1) is 8.87. The van der Waals surface area contributed by atoms with Crippen molar-refractivity contribution in [2.45, 2.75) is 32.1 Å². The number of amides is 1. The van der Waals surface area contributed by atoms with Crippen LogP contribution in [0, 0.1) is 0 Å². The van der Waals surface area contributed by atoms with Gasteiger partial charge in [0, 0.05) is 24.8 Å². The lowest BCUT2D eigenvalue weighted by atomic mass is 10.2. The molecule has 1 aromatic rings. The number of carbonyl (C=O) groups is 1. The van der Waals surface area contributed by atoms with Gasteiger partial charge in [-0.15, -0.1) is 0 Å². The summed E-state index contributed by atoms with van der Waals surface area (Å²) in [6, 6.07) is 7.08. The SMILES string of the molecule is C[Si](C)(C)CCOCN1C(=O)Cc2cc(Br)ccc21. The normalized spacial score (nSPS) is 14.9. The van der Waals surface area contributed by atoms with Gasteiger partial charge in [0.15, 0.2) is 0 Å². The predicted octanol–water partition coefficient (Wildman–Crippen LogP) is 3.65. The molecule has 1 aromatic carbocycles. The maximum Gasteiger partial charge on any atom is 0.233 e. The van der Waals surface area contributed by atoms with Gasteiger partial charge in [0.2, 0.25) is 5.91 Å². The molecular weight excluding hydrogens is 322 g/mol. The van der Waals surface area contributed by atoms with Crippen LogP contribution in [-0.2, 0) is 16.0 Å². The summed E-state index contributed by atoms with van der Waals surface area (Å²) in [5, 5.41) is 0. The van der Waals surface area contributed by atoms with Gasteiger partial charge in [-0.25, -0.2) is 0 Å². The Morgan fingerprint density at radius 2 is 2.11 bits per heavy atom. The summed E-state index contributed by atoms with van der Waals surface area (Å²) >= 11 is 3.43. The van der Waals surface area contributed by atoms with Crippen molar-refractivity contribution < 1.29 is 9.53 Å². The highest BCUT2D eigenvalue weighted by Gasteiger charge is 2.27. The molecule has 0 saturated carbocycles. The summed E-state index contributed by atoms with van der Waals surface area (Å²) in [4.78, 5) is 13.7. The Balaban J connectivity index is 1.93. The van der Waals surface area contributed by atoms with Gasteiger partial charge in [-0.2, -0.15) is 0 Å². The van der Waals surface area contributed by atoms with E-state index in [0.717, 1.165) is 28.4 Å². The van der Waals surface area contributed by atoms with Crippen LogP contribution in [-0.4, -0.2) is 27.3 Å². The maximum atomic E-state index is 12.0. The fourth-order valence-corrected chi connectivity index (χ4v) is 3.19. The van der Waals surface area contributed by atoms with Gasteiger partial charge in [-0.1, -0.05) is 35.6 Å². The van der Waals surface area contributed by atoms with Crippen LogP contribution in [0.4, 0.5) is 5.69 Å². The molecule has 0 unspecified atom stereocenters. The van der Waals surface area contributed by atoms with Gasteiger partial charge >= 0.3 is 0 Å². The molecule has 0 aromatic heterocycles. The van der Waals surface area contributed by atoms with Gasteiger partial charge in [0.1, 0.15) is 6.73 Å². The highest BCUT2D eigenvalue weighted by Crippen LogP contribution is 2.31. The monoisotopic (exact) mass is 341 g/mol. The number of hydrogen-bond acceptors (Lipinski definition) is 2. The van der Waals surface area contributed by atoms with E-state index in [2.05, 4.69) is 35.6 Å². The molecule has 1 heterocycles. The second-order valence-electron chi connectivity index (χ2n) is 6.12. The molecule has 0 spiro atoms. The lowest BCUT2D eigenvalue weighted by Gasteiger charge is -2.20. The number of benzene rings is 1. The van der Waals surface area contributed by atoms with Gasteiger partial charge in [-0.05, 0) is 29.8 Å². The number of fused-ring (bicyclic) bond motifs is 1. The number of halogens is 1. The molecule has 2 rings (SSSR count). The summed E-state index contributed by atoms with van der Waals surface area (Å²) in [6.45, 7) is 8.09. The summed E-state index contributed by atoms with van der Waals surface area (Å²) in [6.07, 6.45) is 0.478. The molecule has 1 amide bonds. The lowest BCUT2D eigenvalue weighted by molar-refractivity contribution is -0.118. The molecule has 1 aliphatic heterocycles. The van der Waals surface area contributed by atoms with Crippen LogP contribution in [0.3, 0.4) is 0 Å². The number of ether oxygens (including phenoxy) is 1. The standard InChI is InChI=1S/C14H20BrNO2Si/c1-19(2,3)7-6-18-10-16-13-5-4-12(15)8-11(13)9-14(16)17/h4-5,8H,6-7,9-10H2,1-3H3. The minimum atomic E-state index is -1.06. The van der Waals surface area contributed by atoms with Crippen LogP contribution in [0.15, 0.2) is 22.7 Å². The van der Waals surface area contributed by atoms with Crippen molar-refractivity contribution in [1.29, 1.82) is 0 Å². The van der Waals surface area contributed by atoms with E-state index >= 15 is 0 Å². The zero-order valence-corrected chi connectivity index (χ0v) is 14.3. The Bertz CT molecular complexity index is 485. The minimum Gasteiger partial charge on any atom is -0.361 e. The summed E-state index contributed by atoms with van der Waals surface area (Å²) in [7, 11) is -1.06. The Morgan fingerprint density at radius 1 is 1.37 bits per heavy atom. The van der Waals surface area contributed by atoms with E-state index in [-0.39, 0.29) is 5.91 Å². The van der Waals surface area contributed by atoms with E-state index in [9.17, 15) is 4.79 Å². The van der Waals surface area contributed by atoms with E-state index in [1.54, 1.807) is 4.90 Å². The van der Waals surface area contributed by atoms with Crippen molar-refractivity contribution in [3.63, 3.8) is 0 Å². The third kappa shape index (κ3) is 3.90. The quantitative estimate of drug-likeness (QED) is 0.604. The summed E-state index contributed by atoms with van der Waals surface area (Å²) in [5.41, 5.74) is 2.06. The first-order valence-corrected chi connectivity index (χ1v) is 11.0. The Hall–Kier alpha value is -0.653. The van der Waals surface area contributed by atoms with Crippen molar-refractivity contribution in [3.8, 4) is 0 Å². The van der Waals surface area contributed by atoms with Gasteiger partial charge in [0.05, 0.1) is 6.42 Å². The predicted molar refractivity (Wildman–Crippen MR) is 84.3 cm³/mol. The fraction of sp³-hybridized carbons (Fsp3) is 0.500. The smallest absolute Gasteiger partial charge is 0.233 e. The Labute approximate surface area is 124 Å². The molecule has 1 aliphatic rings. The van der Waals surface area contributed by atoms with Crippen LogP contribution in [0.5, 0.6) is 0 Å². The van der Waals surface area contributed by atoms with Gasteiger partial charge in [0.25, 0.3) is 0 Å². The molecule has 3 nitrogen and oxygen atoms in total. The van der Waals surface area contributed by atoms with Crippen LogP contribution < -0.4 is 4.90 Å². The number of hydrogen-bond donors (Lipinski definition) is 0. The van der Waals surface area contributed by atoms with Crippen molar-refractivity contribution in [3.05, 3.63) is 28.2 Å². The number of carbonyl (C=O) groups excluding carboxylic acids is 1. The highest BCUT2D eigenvalue weighted by atomic mass is 79.9. The molecule has 104 valence electrons. The van der Waals surface area contributed by atoms with Gasteiger partial charge in [-0.3, -0.25) is 9.69 Å². The Morgan fingerprint density at radius 3 is 2.79 bits per heavy atom. The molecular formula is C14H20BrNO2Si. The summed E-state index contributed by atoms with van der Waals surface area (Å²) in [5.74, 6) is 0.126. The first-order valence-electron chi connectivity index (χ1n) is 6.53. The largest absolute Gasteiger partial charge is 0.361 e. The fourth-order valence-electron chi connectivity index (χ4n) is 2.03. The van der Waals surface area contributed by atoms with E-state index < -0.39 is 8.07 Å².